The molecule has 176 valence electrons. The highest BCUT2D eigenvalue weighted by Crippen LogP contribution is 2.40. The molecule has 1 aliphatic heterocycles. The van der Waals surface area contributed by atoms with Crippen LogP contribution in [0.5, 0.6) is 0 Å². The Balaban J connectivity index is 1.46. The molecule has 1 aliphatic carbocycles. The molecule has 8 heteroatoms. The number of ether oxygens (including phenoxy) is 3. The summed E-state index contributed by atoms with van der Waals surface area (Å²) in [6, 6.07) is 15.7. The van der Waals surface area contributed by atoms with Crippen molar-refractivity contribution in [3.05, 3.63) is 72.3 Å². The minimum Gasteiger partial charge on any atom is -0.445 e. The van der Waals surface area contributed by atoms with E-state index in [-0.39, 0.29) is 29.2 Å². The standard InChI is InChI=1S/C25H29NO6S/c1-2-19-8-10-22(11-9-19)33(28,29)18-21-16-25(31-14-15-32-25)13-12-23(21)26-24(27)30-17-20-6-4-3-5-7-20/h2-11,21,23H,1,12-18H2,(H,26,27)/t21-,23-/m0/s1. The molecule has 1 heterocycles. The second-order valence-corrected chi connectivity index (χ2v) is 10.5. The molecule has 2 atom stereocenters. The van der Waals surface area contributed by atoms with Crippen molar-refractivity contribution in [2.45, 2.75) is 42.6 Å². The third kappa shape index (κ3) is 5.82. The number of hydrogen-bond acceptors (Lipinski definition) is 6. The van der Waals surface area contributed by atoms with Crippen molar-refractivity contribution in [2.24, 2.45) is 5.92 Å². The Labute approximate surface area is 194 Å². The van der Waals surface area contributed by atoms with Crippen LogP contribution in [0.4, 0.5) is 4.79 Å². The van der Waals surface area contributed by atoms with Gasteiger partial charge in [0.25, 0.3) is 0 Å². The van der Waals surface area contributed by atoms with Gasteiger partial charge in [-0.2, -0.15) is 0 Å². The van der Waals surface area contributed by atoms with Gasteiger partial charge in [0.1, 0.15) is 6.61 Å². The van der Waals surface area contributed by atoms with Gasteiger partial charge in [0, 0.05) is 18.9 Å². The number of amides is 1. The van der Waals surface area contributed by atoms with Crippen LogP contribution in [0.1, 0.15) is 30.4 Å². The summed E-state index contributed by atoms with van der Waals surface area (Å²) in [6.45, 7) is 4.82. The first kappa shape index (κ1) is 23.5. The quantitative estimate of drug-likeness (QED) is 0.658. The predicted octanol–water partition coefficient (Wildman–Crippen LogP) is 3.94. The van der Waals surface area contributed by atoms with Gasteiger partial charge in [-0.3, -0.25) is 0 Å². The van der Waals surface area contributed by atoms with Gasteiger partial charge in [0.15, 0.2) is 15.6 Å². The van der Waals surface area contributed by atoms with E-state index in [0.29, 0.717) is 32.5 Å². The molecule has 33 heavy (non-hydrogen) atoms. The Morgan fingerprint density at radius 2 is 1.82 bits per heavy atom. The maximum Gasteiger partial charge on any atom is 0.407 e. The number of rotatable bonds is 7. The fourth-order valence-electron chi connectivity index (χ4n) is 4.48. The van der Waals surface area contributed by atoms with Crippen molar-refractivity contribution in [1.29, 1.82) is 0 Å². The first-order valence-electron chi connectivity index (χ1n) is 11.1. The van der Waals surface area contributed by atoms with E-state index in [9.17, 15) is 13.2 Å². The molecule has 0 aromatic heterocycles. The van der Waals surface area contributed by atoms with Crippen LogP contribution >= 0.6 is 0 Å². The van der Waals surface area contributed by atoms with Crippen LogP contribution in [0, 0.1) is 5.92 Å². The molecule has 1 spiro atoms. The normalized spacial score (nSPS) is 22.1. The van der Waals surface area contributed by atoms with Gasteiger partial charge in [0.05, 0.1) is 23.9 Å². The van der Waals surface area contributed by atoms with Crippen molar-refractivity contribution < 1.29 is 27.4 Å². The molecule has 1 saturated carbocycles. The van der Waals surface area contributed by atoms with Gasteiger partial charge in [-0.25, -0.2) is 13.2 Å². The molecule has 2 aromatic rings. The first-order chi connectivity index (χ1) is 15.9. The second kappa shape index (κ2) is 10.1. The highest BCUT2D eigenvalue weighted by molar-refractivity contribution is 7.91. The number of carbonyl (C=O) groups excluding carboxylic acids is 1. The van der Waals surface area contributed by atoms with Crippen molar-refractivity contribution in [2.75, 3.05) is 19.0 Å². The zero-order valence-corrected chi connectivity index (χ0v) is 19.3. The van der Waals surface area contributed by atoms with E-state index in [1.165, 1.54) is 0 Å². The molecule has 0 radical (unpaired) electrons. The highest BCUT2D eigenvalue weighted by atomic mass is 32.2. The van der Waals surface area contributed by atoms with Gasteiger partial charge in [0.2, 0.25) is 0 Å². The summed E-state index contributed by atoms with van der Waals surface area (Å²) < 4.78 is 43.5. The summed E-state index contributed by atoms with van der Waals surface area (Å²) in [4.78, 5) is 12.7. The average molecular weight is 472 g/mol. The number of carbonyl (C=O) groups is 1. The lowest BCUT2D eigenvalue weighted by Crippen LogP contribution is -2.51. The Morgan fingerprint density at radius 3 is 2.48 bits per heavy atom. The molecule has 0 bridgehead atoms. The van der Waals surface area contributed by atoms with E-state index in [2.05, 4.69) is 11.9 Å². The summed E-state index contributed by atoms with van der Waals surface area (Å²) >= 11 is 0. The number of sulfone groups is 1. The Kier molecular flexibility index (Phi) is 7.17. The summed E-state index contributed by atoms with van der Waals surface area (Å²) in [5.41, 5.74) is 1.73. The molecule has 1 saturated heterocycles. The van der Waals surface area contributed by atoms with Gasteiger partial charge in [-0.1, -0.05) is 55.1 Å². The van der Waals surface area contributed by atoms with Crippen molar-refractivity contribution in [3.8, 4) is 0 Å². The lowest BCUT2D eigenvalue weighted by atomic mass is 9.81. The van der Waals surface area contributed by atoms with Gasteiger partial charge >= 0.3 is 6.09 Å². The van der Waals surface area contributed by atoms with Crippen molar-refractivity contribution >= 4 is 22.0 Å². The summed E-state index contributed by atoms with van der Waals surface area (Å²) in [7, 11) is -3.59. The van der Waals surface area contributed by atoms with Crippen LogP contribution in [0.25, 0.3) is 6.08 Å². The fourth-order valence-corrected chi connectivity index (χ4v) is 6.14. The van der Waals surface area contributed by atoms with E-state index in [4.69, 9.17) is 14.2 Å². The van der Waals surface area contributed by atoms with Crippen molar-refractivity contribution in [1.82, 2.24) is 5.32 Å². The predicted molar refractivity (Wildman–Crippen MR) is 124 cm³/mol. The molecule has 1 amide bonds. The highest BCUT2D eigenvalue weighted by Gasteiger charge is 2.46. The number of benzene rings is 2. The van der Waals surface area contributed by atoms with Gasteiger partial charge in [-0.05, 0) is 35.6 Å². The minimum atomic E-state index is -3.59. The Morgan fingerprint density at radius 1 is 1.12 bits per heavy atom. The lowest BCUT2D eigenvalue weighted by molar-refractivity contribution is -0.188. The third-order valence-electron chi connectivity index (χ3n) is 6.22. The molecule has 2 aliphatic rings. The molecular formula is C25H29NO6S. The van der Waals surface area contributed by atoms with Crippen LogP contribution < -0.4 is 5.32 Å². The molecular weight excluding hydrogens is 442 g/mol. The lowest BCUT2D eigenvalue weighted by Gasteiger charge is -2.41. The summed E-state index contributed by atoms with van der Waals surface area (Å²) in [6.07, 6.45) is 2.61. The van der Waals surface area contributed by atoms with Crippen LogP contribution in [0.3, 0.4) is 0 Å². The fraction of sp³-hybridized carbons (Fsp3) is 0.400. The summed E-state index contributed by atoms with van der Waals surface area (Å²) in [5.74, 6) is -1.29. The zero-order valence-electron chi connectivity index (χ0n) is 18.4. The maximum atomic E-state index is 13.2. The van der Waals surface area contributed by atoms with Crippen LogP contribution in [0.15, 0.2) is 66.1 Å². The number of alkyl carbamates (subject to hydrolysis) is 1. The first-order valence-corrected chi connectivity index (χ1v) is 12.7. The molecule has 1 N–H and O–H groups in total. The van der Waals surface area contributed by atoms with E-state index in [1.54, 1.807) is 30.3 Å². The van der Waals surface area contributed by atoms with E-state index >= 15 is 0 Å². The molecule has 2 aromatic carbocycles. The monoisotopic (exact) mass is 471 g/mol. The Hall–Kier alpha value is -2.68. The molecule has 7 nitrogen and oxygen atoms in total. The van der Waals surface area contributed by atoms with E-state index in [0.717, 1.165) is 11.1 Å². The largest absolute Gasteiger partial charge is 0.445 e. The minimum absolute atomic E-state index is 0.126. The average Bonchev–Trinajstić information content (AvgIpc) is 3.28. The van der Waals surface area contributed by atoms with Gasteiger partial charge < -0.3 is 19.5 Å². The number of nitrogens with one attached hydrogen (secondary N) is 1. The van der Waals surface area contributed by atoms with Gasteiger partial charge in [-0.15, -0.1) is 0 Å². The van der Waals surface area contributed by atoms with Crippen LogP contribution in [0.2, 0.25) is 0 Å². The SMILES string of the molecule is C=Cc1ccc(S(=O)(=O)C[C@@H]2CC3(CC[C@@H]2NC(=O)OCc2ccccc2)OCCO3)cc1. The third-order valence-corrected chi connectivity index (χ3v) is 8.07. The Bertz CT molecular complexity index is 1060. The number of hydrogen-bond donors (Lipinski definition) is 1. The summed E-state index contributed by atoms with van der Waals surface area (Å²) in [5, 5.41) is 2.89. The zero-order chi connectivity index (χ0) is 23.3. The maximum absolute atomic E-state index is 13.2. The van der Waals surface area contributed by atoms with Crippen LogP contribution in [-0.4, -0.2) is 45.3 Å². The smallest absolute Gasteiger partial charge is 0.407 e. The molecule has 4 rings (SSSR count). The topological polar surface area (TPSA) is 90.9 Å². The van der Waals surface area contributed by atoms with Crippen LogP contribution in [-0.2, 0) is 30.7 Å². The van der Waals surface area contributed by atoms with Crippen molar-refractivity contribution in [3.63, 3.8) is 0 Å². The molecule has 2 fully saturated rings. The van der Waals surface area contributed by atoms with E-state index in [1.807, 2.05) is 30.3 Å². The van der Waals surface area contributed by atoms with E-state index < -0.39 is 21.7 Å². The second-order valence-electron chi connectivity index (χ2n) is 8.48. The molecule has 0 unspecified atom stereocenters.